The molecule has 7 rings (SSSR count). The second-order valence-electron chi connectivity index (χ2n) is 20.9. The lowest BCUT2D eigenvalue weighted by molar-refractivity contribution is -0.122. The van der Waals surface area contributed by atoms with Crippen molar-refractivity contribution in [1.82, 2.24) is 4.98 Å². The van der Waals surface area contributed by atoms with Crippen molar-refractivity contribution in [3.05, 3.63) is 136 Å². The highest BCUT2D eigenvalue weighted by atomic mass is 35.5. The third-order valence-corrected chi connectivity index (χ3v) is 16.2. The van der Waals surface area contributed by atoms with Crippen molar-refractivity contribution < 1.29 is 45.1 Å². The minimum absolute atomic E-state index is 0.0253. The number of nitriles is 1. The van der Waals surface area contributed by atoms with Gasteiger partial charge in [0.25, 0.3) is 15.9 Å². The molecule has 1 fully saturated rings. The molecule has 1 heterocycles. The van der Waals surface area contributed by atoms with Gasteiger partial charge >= 0.3 is 6.09 Å². The number of nitrogens with zero attached hydrogens (tertiary/aromatic N) is 3. The standard InChI is InChI=1S/C57H63ClN6O10S2/c1-10-27-75(68,69)63-47-25-23-45(29-36(47)3)76(70,71)62-41-19-24-46(58)48(32-41)60-53(66)52(51(65)37-16-21-44(72-9)22-17-37)74-55(67)64(42-13-11-12-14-42)43-20-15-38(35(2)28-43)30-39(33-59)54-61-49-31-40(18-26-50(49)73-54)57(7,8)34-56(4,5)6/h15-26,28-32,42,52,62-63H,10-14,27,34H2,1-9H3,(H,60,66). The molecule has 3 N–H and O–H groups in total. The molecule has 0 bridgehead atoms. The normalized spacial score (nSPS) is 13.9. The van der Waals surface area contributed by atoms with Crippen LogP contribution in [0.15, 0.2) is 106 Å². The largest absolute Gasteiger partial charge is 0.497 e. The van der Waals surface area contributed by atoms with Crippen LogP contribution in [0.25, 0.3) is 22.7 Å². The highest BCUT2D eigenvalue weighted by Crippen LogP contribution is 2.38. The molecule has 400 valence electrons. The third kappa shape index (κ3) is 13.6. The average Bonchev–Trinajstić information content (AvgIpc) is 4.05. The van der Waals surface area contributed by atoms with Crippen LogP contribution in [-0.4, -0.2) is 64.6 Å². The van der Waals surface area contributed by atoms with Gasteiger partial charge in [-0.1, -0.05) is 78.1 Å². The van der Waals surface area contributed by atoms with Gasteiger partial charge in [-0.15, -0.1) is 0 Å². The first kappa shape index (κ1) is 56.5. The van der Waals surface area contributed by atoms with Crippen LogP contribution in [0.2, 0.25) is 5.02 Å². The fraction of sp³-hybridized carbons (Fsp3) is 0.351. The van der Waals surface area contributed by atoms with Crippen LogP contribution in [0.1, 0.15) is 119 Å². The molecule has 1 saturated carbocycles. The maximum Gasteiger partial charge on any atom is 0.415 e. The third-order valence-electron chi connectivity index (χ3n) is 13.0. The lowest BCUT2D eigenvalue weighted by atomic mass is 9.72. The summed E-state index contributed by atoms with van der Waals surface area (Å²) in [5, 5.41) is 12.9. The van der Waals surface area contributed by atoms with E-state index in [9.17, 15) is 36.5 Å². The Hall–Kier alpha value is -7.20. The molecule has 2 amide bonds. The van der Waals surface area contributed by atoms with Gasteiger partial charge in [-0.05, 0) is 164 Å². The Labute approximate surface area is 449 Å². The smallest absolute Gasteiger partial charge is 0.415 e. The van der Waals surface area contributed by atoms with Crippen molar-refractivity contribution >= 4 is 94.9 Å². The summed E-state index contributed by atoms with van der Waals surface area (Å²) in [5.74, 6) is -1.45. The number of halogens is 1. The summed E-state index contributed by atoms with van der Waals surface area (Å²) in [5.41, 5.74) is 4.71. The van der Waals surface area contributed by atoms with E-state index in [1.807, 2.05) is 25.1 Å². The first-order valence-electron chi connectivity index (χ1n) is 24.9. The highest BCUT2D eigenvalue weighted by Gasteiger charge is 2.37. The molecule has 1 aromatic heterocycles. The van der Waals surface area contributed by atoms with E-state index in [4.69, 9.17) is 30.5 Å². The number of Topliss-reactive ketones (excluding diaryl/α,β-unsaturated/α-hetero) is 1. The minimum atomic E-state index is -4.28. The molecule has 6 aromatic rings. The van der Waals surface area contributed by atoms with E-state index < -0.39 is 43.9 Å². The number of carbonyl (C=O) groups excluding carboxylic acids is 3. The number of amides is 2. The summed E-state index contributed by atoms with van der Waals surface area (Å²) in [7, 11) is -6.47. The van der Waals surface area contributed by atoms with E-state index in [-0.39, 0.29) is 66.6 Å². The minimum Gasteiger partial charge on any atom is -0.497 e. The number of aromatic nitrogens is 1. The number of fused-ring (bicyclic) bond motifs is 1. The summed E-state index contributed by atoms with van der Waals surface area (Å²) in [6, 6.07) is 26.8. The highest BCUT2D eigenvalue weighted by molar-refractivity contribution is 7.93. The Bertz CT molecular complexity index is 3480. The Morgan fingerprint density at radius 2 is 1.59 bits per heavy atom. The number of anilines is 4. The maximum atomic E-state index is 14.7. The molecular formula is C57H63ClN6O10S2. The van der Waals surface area contributed by atoms with E-state index in [0.717, 1.165) is 24.8 Å². The fourth-order valence-electron chi connectivity index (χ4n) is 9.58. The molecule has 19 heteroatoms. The molecule has 76 heavy (non-hydrogen) atoms. The van der Waals surface area contributed by atoms with Crippen LogP contribution in [0, 0.1) is 30.6 Å². The Balaban J connectivity index is 1.15. The van der Waals surface area contributed by atoms with E-state index in [1.54, 1.807) is 38.1 Å². The molecule has 0 saturated heterocycles. The number of rotatable bonds is 19. The monoisotopic (exact) mass is 1090 g/mol. The molecule has 1 aliphatic carbocycles. The van der Waals surface area contributed by atoms with Crippen molar-refractivity contribution in [3.63, 3.8) is 0 Å². The number of aryl methyl sites for hydroxylation is 2. The second kappa shape index (κ2) is 23.0. The molecule has 1 unspecified atom stereocenters. The number of sulfonamides is 2. The van der Waals surface area contributed by atoms with Crippen LogP contribution in [0.4, 0.5) is 27.5 Å². The summed E-state index contributed by atoms with van der Waals surface area (Å²) in [6.45, 7) is 16.2. The quantitative estimate of drug-likeness (QED) is 0.0391. The zero-order valence-electron chi connectivity index (χ0n) is 44.0. The molecule has 0 radical (unpaired) electrons. The topological polar surface area (TPSA) is 227 Å². The van der Waals surface area contributed by atoms with Gasteiger partial charge in [-0.3, -0.25) is 23.9 Å². The molecule has 1 atom stereocenters. The van der Waals surface area contributed by atoms with Gasteiger partial charge in [-0.2, -0.15) is 5.26 Å². The molecular weight excluding hydrogens is 1030 g/mol. The fourth-order valence-corrected chi connectivity index (χ4v) is 12.1. The van der Waals surface area contributed by atoms with Gasteiger partial charge in [0.1, 0.15) is 22.9 Å². The second-order valence-corrected chi connectivity index (χ2v) is 24.8. The zero-order valence-corrected chi connectivity index (χ0v) is 46.4. The number of allylic oxidation sites excluding steroid dienone is 1. The van der Waals surface area contributed by atoms with Crippen molar-refractivity contribution in [2.75, 3.05) is 32.5 Å². The Kier molecular flexibility index (Phi) is 17.1. The van der Waals surface area contributed by atoms with Crippen LogP contribution in [-0.2, 0) is 35.0 Å². The van der Waals surface area contributed by atoms with Crippen molar-refractivity contribution in [1.29, 1.82) is 5.26 Å². The van der Waals surface area contributed by atoms with Crippen LogP contribution in [0.3, 0.4) is 0 Å². The van der Waals surface area contributed by atoms with Gasteiger partial charge in [0.2, 0.25) is 27.8 Å². The number of benzene rings is 5. The molecule has 1 aliphatic rings. The van der Waals surface area contributed by atoms with E-state index in [0.29, 0.717) is 58.5 Å². The van der Waals surface area contributed by atoms with Gasteiger partial charge in [0.15, 0.2) is 5.58 Å². The summed E-state index contributed by atoms with van der Waals surface area (Å²) < 4.78 is 74.3. The molecule has 0 spiro atoms. The van der Waals surface area contributed by atoms with Crippen LogP contribution in [0.5, 0.6) is 5.75 Å². The van der Waals surface area contributed by atoms with Crippen LogP contribution < -0.4 is 24.4 Å². The predicted molar refractivity (Wildman–Crippen MR) is 298 cm³/mol. The number of nitrogens with one attached hydrogen (secondary N) is 3. The lowest BCUT2D eigenvalue weighted by Crippen LogP contribution is -2.46. The summed E-state index contributed by atoms with van der Waals surface area (Å²) >= 11 is 6.56. The number of methoxy groups -OCH3 is 1. The zero-order chi connectivity index (χ0) is 55.3. The molecule has 0 aliphatic heterocycles. The number of hydrogen-bond donors (Lipinski definition) is 3. The van der Waals surface area contributed by atoms with Crippen molar-refractivity contribution in [2.24, 2.45) is 5.41 Å². The lowest BCUT2D eigenvalue weighted by Gasteiger charge is -2.32. The number of ether oxygens (including phenoxy) is 2. The predicted octanol–water partition coefficient (Wildman–Crippen LogP) is 12.6. The van der Waals surface area contributed by atoms with Gasteiger partial charge in [-0.25, -0.2) is 26.6 Å². The Morgan fingerprint density at radius 3 is 2.22 bits per heavy atom. The van der Waals surface area contributed by atoms with Gasteiger partial charge < -0.3 is 19.2 Å². The summed E-state index contributed by atoms with van der Waals surface area (Å²) in [4.78, 5) is 49.4. The average molecular weight is 1090 g/mol. The Morgan fingerprint density at radius 1 is 0.882 bits per heavy atom. The van der Waals surface area contributed by atoms with Crippen LogP contribution >= 0.6 is 11.6 Å². The van der Waals surface area contributed by atoms with Gasteiger partial charge in [0.05, 0.1) is 39.8 Å². The summed E-state index contributed by atoms with van der Waals surface area (Å²) in [6.07, 6.45) is 2.83. The number of ketones is 1. The molecule has 5 aromatic carbocycles. The maximum absolute atomic E-state index is 14.7. The number of oxazole rings is 1. The number of carbonyl (C=O) groups is 3. The van der Waals surface area contributed by atoms with Gasteiger partial charge in [0, 0.05) is 17.3 Å². The van der Waals surface area contributed by atoms with Crippen molar-refractivity contribution in [3.8, 4) is 11.8 Å². The first-order chi connectivity index (χ1) is 35.8. The van der Waals surface area contributed by atoms with E-state index >= 15 is 0 Å². The first-order valence-corrected chi connectivity index (χ1v) is 28.4. The molecule has 16 nitrogen and oxygen atoms in total. The van der Waals surface area contributed by atoms with E-state index in [2.05, 4.69) is 55.4 Å². The van der Waals surface area contributed by atoms with Crippen molar-refractivity contribution in [2.45, 2.75) is 116 Å². The SMILES string of the molecule is CCCS(=O)(=O)Nc1ccc(S(=O)(=O)Nc2ccc(Cl)c(NC(=O)C(OC(=O)N(c3ccc(C=C(C#N)c4nc5cc(C(C)(C)CC(C)(C)C)ccc5o4)c(C)c3)C3CCCC3)C(=O)c3ccc(OC)cc3)c2)cc1C. The number of hydrogen-bond acceptors (Lipinski definition) is 12. The van der Waals surface area contributed by atoms with E-state index in [1.165, 1.54) is 72.7 Å².